The quantitative estimate of drug-likeness (QED) is 0.128. The fourth-order valence-corrected chi connectivity index (χ4v) is 4.09. The monoisotopic (exact) mass is 603 g/mol. The summed E-state index contributed by atoms with van der Waals surface area (Å²) in [6.07, 6.45) is 9.03. The van der Waals surface area contributed by atoms with Gasteiger partial charge in [0.15, 0.2) is 0 Å². The van der Waals surface area contributed by atoms with E-state index in [4.69, 9.17) is 4.74 Å². The van der Waals surface area contributed by atoms with Crippen LogP contribution in [0, 0.1) is 11.8 Å². The zero-order valence-corrected chi connectivity index (χ0v) is 26.7. The minimum absolute atomic E-state index is 0.198. The molecule has 3 N–H and O–H groups in total. The van der Waals surface area contributed by atoms with E-state index in [0.29, 0.717) is 56.4 Å². The van der Waals surface area contributed by atoms with Gasteiger partial charge in [0.2, 0.25) is 17.8 Å². The second-order valence-corrected chi connectivity index (χ2v) is 10.6. The normalized spacial score (nSPS) is 11.8. The Hall–Kier alpha value is -4.47. The van der Waals surface area contributed by atoms with Gasteiger partial charge >= 0.3 is 0 Å². The molecule has 0 saturated carbocycles. The maximum absolute atomic E-state index is 12.5. The van der Waals surface area contributed by atoms with E-state index in [0.717, 1.165) is 29.6 Å². The summed E-state index contributed by atoms with van der Waals surface area (Å²) in [6, 6.07) is 5.43. The summed E-state index contributed by atoms with van der Waals surface area (Å²) in [7, 11) is 7.15. The molecule has 0 aliphatic carbocycles. The lowest BCUT2D eigenvalue weighted by Crippen LogP contribution is -2.45. The highest BCUT2D eigenvalue weighted by atomic mass is 16.5. The van der Waals surface area contributed by atoms with Gasteiger partial charge in [0.05, 0.1) is 36.6 Å². The van der Waals surface area contributed by atoms with Crippen LogP contribution >= 0.6 is 0 Å². The molecule has 12 nitrogen and oxygen atoms in total. The molecule has 0 aliphatic rings. The lowest BCUT2D eigenvalue weighted by molar-refractivity contribution is -0.135. The van der Waals surface area contributed by atoms with E-state index in [-0.39, 0.29) is 11.8 Å². The minimum atomic E-state index is -0.575. The fourth-order valence-electron chi connectivity index (χ4n) is 4.09. The van der Waals surface area contributed by atoms with Gasteiger partial charge in [0.1, 0.15) is 11.9 Å². The Labute approximate surface area is 260 Å². The average Bonchev–Trinajstić information content (AvgIpc) is 3.42. The number of carbonyl (C=O) groups is 2. The highest BCUT2D eigenvalue weighted by molar-refractivity contribution is 5.92. The van der Waals surface area contributed by atoms with Crippen molar-refractivity contribution < 1.29 is 14.3 Å². The number of methoxy groups -OCH3 is 1. The summed E-state index contributed by atoms with van der Waals surface area (Å²) in [5.74, 6) is 7.06. The Bertz CT molecular complexity index is 1470. The number of rotatable bonds is 16. The van der Waals surface area contributed by atoms with Crippen molar-refractivity contribution in [3.63, 3.8) is 0 Å². The Morgan fingerprint density at radius 3 is 2.75 bits per heavy atom. The number of hydrogen-bond donors (Lipinski definition) is 3. The fraction of sp³-hybridized carbons (Fsp3) is 0.469. The molecule has 3 aromatic rings. The summed E-state index contributed by atoms with van der Waals surface area (Å²) in [5, 5.41) is 15.0. The highest BCUT2D eigenvalue weighted by Crippen LogP contribution is 2.22. The molecule has 0 fully saturated rings. The second kappa shape index (κ2) is 17.6. The van der Waals surface area contributed by atoms with Gasteiger partial charge in [-0.25, -0.2) is 4.98 Å². The van der Waals surface area contributed by atoms with Gasteiger partial charge in [0, 0.05) is 57.4 Å². The van der Waals surface area contributed by atoms with E-state index in [1.807, 2.05) is 48.1 Å². The first kappa shape index (κ1) is 34.0. The van der Waals surface area contributed by atoms with Gasteiger partial charge in [-0.05, 0) is 52.1 Å². The third-order valence-electron chi connectivity index (χ3n) is 6.78. The molecule has 1 aromatic carbocycles. The SMILES string of the molecule is CCCNc1nc(Nc2ccc3cnn(CCOC)c3c2)ncc1C#CCCCNC(=O)[C@H](C)N(C)C(=O)/C=C/CN(C)C. The van der Waals surface area contributed by atoms with Crippen molar-refractivity contribution in [3.8, 4) is 11.8 Å². The number of anilines is 3. The number of ether oxygens (including phenoxy) is 1. The molecule has 0 saturated heterocycles. The van der Waals surface area contributed by atoms with Gasteiger partial charge in [-0.1, -0.05) is 24.8 Å². The van der Waals surface area contributed by atoms with Crippen LogP contribution in [0.2, 0.25) is 0 Å². The van der Waals surface area contributed by atoms with Crippen LogP contribution in [0.1, 0.15) is 38.7 Å². The molecule has 3 rings (SSSR count). The number of carbonyl (C=O) groups excluding carboxylic acids is 2. The molecular weight excluding hydrogens is 558 g/mol. The number of hydrogen-bond acceptors (Lipinski definition) is 9. The summed E-state index contributed by atoms with van der Waals surface area (Å²) >= 11 is 0. The van der Waals surface area contributed by atoms with E-state index in [2.05, 4.69) is 49.8 Å². The first-order chi connectivity index (χ1) is 21.2. The maximum atomic E-state index is 12.5. The molecule has 2 heterocycles. The lowest BCUT2D eigenvalue weighted by atomic mass is 10.2. The van der Waals surface area contributed by atoms with Crippen molar-refractivity contribution in [1.82, 2.24) is 34.9 Å². The van der Waals surface area contributed by atoms with Gasteiger partial charge < -0.3 is 30.5 Å². The first-order valence-corrected chi connectivity index (χ1v) is 14.9. The van der Waals surface area contributed by atoms with Crippen LogP contribution in [0.15, 0.2) is 42.7 Å². The molecule has 0 radical (unpaired) electrons. The first-order valence-electron chi connectivity index (χ1n) is 14.9. The van der Waals surface area contributed by atoms with Gasteiger partial charge in [-0.3, -0.25) is 14.3 Å². The second-order valence-electron chi connectivity index (χ2n) is 10.6. The highest BCUT2D eigenvalue weighted by Gasteiger charge is 2.20. The van der Waals surface area contributed by atoms with Crippen LogP contribution in [-0.4, -0.2) is 102 Å². The van der Waals surface area contributed by atoms with Crippen LogP contribution < -0.4 is 16.0 Å². The standard InChI is InChI=1S/C32H45N9O3/c1-7-16-33-30-26(12-9-8-10-17-34-31(43)24(2)40(5)29(42)13-11-18-39(3)4)22-35-32(38-30)37-27-15-14-25-23-36-41(19-20-44-6)28(25)21-27/h11,13-15,21-24H,7-8,10,16-20H2,1-6H3,(H,34,43)(H2,33,35,37,38)/b13-11+/t24-/m0/s1. The maximum Gasteiger partial charge on any atom is 0.246 e. The van der Waals surface area contributed by atoms with Crippen molar-refractivity contribution >= 4 is 40.2 Å². The predicted octanol–water partition coefficient (Wildman–Crippen LogP) is 3.25. The molecule has 44 heavy (non-hydrogen) atoms. The number of benzene rings is 1. The number of unbranched alkanes of at least 4 members (excludes halogenated alkanes) is 1. The molecule has 236 valence electrons. The van der Waals surface area contributed by atoms with E-state index >= 15 is 0 Å². The Balaban J connectivity index is 1.55. The van der Waals surface area contributed by atoms with Crippen LogP contribution in [0.5, 0.6) is 0 Å². The molecule has 12 heteroatoms. The summed E-state index contributed by atoms with van der Waals surface area (Å²) < 4.78 is 7.11. The van der Waals surface area contributed by atoms with Gasteiger partial charge in [-0.2, -0.15) is 10.1 Å². The van der Waals surface area contributed by atoms with Crippen molar-refractivity contribution in [2.75, 3.05) is 65.1 Å². The van der Waals surface area contributed by atoms with Crippen LogP contribution in [-0.2, 0) is 20.9 Å². The number of fused-ring (bicyclic) bond motifs is 1. The zero-order chi connectivity index (χ0) is 31.9. The molecule has 1 atom stereocenters. The smallest absolute Gasteiger partial charge is 0.246 e. The molecule has 2 amide bonds. The van der Waals surface area contributed by atoms with Crippen molar-refractivity contribution in [1.29, 1.82) is 0 Å². The third-order valence-corrected chi connectivity index (χ3v) is 6.78. The number of likely N-dealkylation sites (N-methyl/N-ethyl adjacent to an activating group) is 2. The minimum Gasteiger partial charge on any atom is -0.383 e. The molecule has 0 bridgehead atoms. The predicted molar refractivity (Wildman–Crippen MR) is 175 cm³/mol. The van der Waals surface area contributed by atoms with E-state index in [1.54, 1.807) is 33.4 Å². The summed E-state index contributed by atoms with van der Waals surface area (Å²) in [5.41, 5.74) is 2.56. The Kier molecular flexibility index (Phi) is 13.6. The zero-order valence-electron chi connectivity index (χ0n) is 26.7. The van der Waals surface area contributed by atoms with E-state index < -0.39 is 6.04 Å². The summed E-state index contributed by atoms with van der Waals surface area (Å²) in [4.78, 5) is 37.4. The molecular formula is C32H45N9O3. The van der Waals surface area contributed by atoms with E-state index in [9.17, 15) is 9.59 Å². The largest absolute Gasteiger partial charge is 0.383 e. The lowest BCUT2D eigenvalue weighted by Gasteiger charge is -2.23. The molecule has 0 spiro atoms. The van der Waals surface area contributed by atoms with Gasteiger partial charge in [0.25, 0.3) is 0 Å². The Morgan fingerprint density at radius 2 is 2.00 bits per heavy atom. The molecule has 2 aromatic heterocycles. The number of nitrogens with zero attached hydrogens (tertiary/aromatic N) is 6. The van der Waals surface area contributed by atoms with Crippen LogP contribution in [0.3, 0.4) is 0 Å². The number of nitrogens with one attached hydrogen (secondary N) is 3. The van der Waals surface area contributed by atoms with E-state index in [1.165, 1.54) is 11.0 Å². The number of aromatic nitrogens is 4. The Morgan fingerprint density at radius 1 is 1.18 bits per heavy atom. The topological polar surface area (TPSA) is 130 Å². The van der Waals surface area contributed by atoms with Crippen LogP contribution in [0.25, 0.3) is 10.9 Å². The average molecular weight is 604 g/mol. The van der Waals surface area contributed by atoms with Crippen molar-refractivity contribution in [2.24, 2.45) is 0 Å². The van der Waals surface area contributed by atoms with Crippen LogP contribution in [0.4, 0.5) is 17.5 Å². The summed E-state index contributed by atoms with van der Waals surface area (Å²) in [6.45, 7) is 6.92. The number of amides is 2. The van der Waals surface area contributed by atoms with Crippen molar-refractivity contribution in [3.05, 3.63) is 48.3 Å². The van der Waals surface area contributed by atoms with Gasteiger partial charge in [-0.15, -0.1) is 0 Å². The molecule has 0 aliphatic heterocycles. The molecule has 0 unspecified atom stereocenters. The van der Waals surface area contributed by atoms with Crippen molar-refractivity contribution in [2.45, 2.75) is 45.7 Å². The third kappa shape index (κ3) is 10.4.